The fraction of sp³-hybridized carbons (Fsp3) is 1.00. The number of halogens is 1. The van der Waals surface area contributed by atoms with Crippen LogP contribution < -0.4 is 0 Å². The zero-order valence-corrected chi connectivity index (χ0v) is 5.99. The second-order valence-electron chi connectivity index (χ2n) is 2.48. The fourth-order valence-electron chi connectivity index (χ4n) is 0.948. The van der Waals surface area contributed by atoms with Crippen LogP contribution in [0, 0.1) is 5.92 Å². The molecule has 2 unspecified atom stereocenters. The molecule has 0 saturated carbocycles. The molecule has 54 valence electrons. The normalized spacial score (nSPS) is 41.1. The minimum absolute atomic E-state index is 0.0231. The van der Waals surface area contributed by atoms with Crippen LogP contribution in [-0.4, -0.2) is 19.7 Å². The molecule has 0 aromatic heterocycles. The maximum atomic E-state index is 12.5. The predicted molar refractivity (Wildman–Crippen MR) is 32.5 cm³/mol. The van der Waals surface area contributed by atoms with E-state index in [0.717, 1.165) is 0 Å². The number of alkyl halides is 1. The van der Waals surface area contributed by atoms with Gasteiger partial charge in [0.1, 0.15) is 0 Å². The average Bonchev–Trinajstić information content (AvgIpc) is 1.97. The summed E-state index contributed by atoms with van der Waals surface area (Å²) < 4.78 is 33.7. The third-order valence-corrected chi connectivity index (χ3v) is 3.60. The van der Waals surface area contributed by atoms with E-state index in [-0.39, 0.29) is 11.7 Å². The van der Waals surface area contributed by atoms with Crippen LogP contribution in [0.15, 0.2) is 0 Å². The van der Waals surface area contributed by atoms with Gasteiger partial charge < -0.3 is 0 Å². The van der Waals surface area contributed by atoms with Crippen molar-refractivity contribution in [2.45, 2.75) is 18.8 Å². The van der Waals surface area contributed by atoms with Crippen LogP contribution in [0.25, 0.3) is 0 Å². The van der Waals surface area contributed by atoms with Gasteiger partial charge in [0.25, 0.3) is 0 Å². The summed E-state index contributed by atoms with van der Waals surface area (Å²) in [4.78, 5) is 0. The first kappa shape index (κ1) is 6.99. The van der Waals surface area contributed by atoms with Crippen molar-refractivity contribution in [1.82, 2.24) is 0 Å². The molecule has 2 nitrogen and oxygen atoms in total. The van der Waals surface area contributed by atoms with E-state index in [1.54, 1.807) is 6.92 Å². The largest absolute Gasteiger partial charge is 0.230 e. The molecule has 9 heavy (non-hydrogen) atoms. The molecule has 0 aromatic rings. The number of rotatable bonds is 0. The van der Waals surface area contributed by atoms with Gasteiger partial charge in [0.05, 0.1) is 5.75 Å². The molecular formula is C5H9FO2S. The van der Waals surface area contributed by atoms with E-state index >= 15 is 0 Å². The lowest BCUT2D eigenvalue weighted by molar-refractivity contribution is 0.341. The van der Waals surface area contributed by atoms with Crippen molar-refractivity contribution in [2.75, 3.05) is 5.75 Å². The summed E-state index contributed by atoms with van der Waals surface area (Å²) >= 11 is 0. The molecule has 0 spiro atoms. The summed E-state index contributed by atoms with van der Waals surface area (Å²) in [5.74, 6) is -0.273. The predicted octanol–water partition coefficient (Wildman–Crippen LogP) is 0.737. The summed E-state index contributed by atoms with van der Waals surface area (Å²) in [5.41, 5.74) is -1.60. The Kier molecular flexibility index (Phi) is 1.50. The van der Waals surface area contributed by atoms with Crippen LogP contribution >= 0.6 is 0 Å². The monoisotopic (exact) mass is 152 g/mol. The highest BCUT2D eigenvalue weighted by Gasteiger charge is 2.37. The van der Waals surface area contributed by atoms with Crippen LogP contribution in [0.3, 0.4) is 0 Å². The number of hydrogen-bond donors (Lipinski definition) is 0. The maximum Gasteiger partial charge on any atom is 0.203 e. The number of sulfone groups is 1. The summed E-state index contributed by atoms with van der Waals surface area (Å²) in [5, 5.41) is 0. The quantitative estimate of drug-likeness (QED) is 0.513. The van der Waals surface area contributed by atoms with Crippen LogP contribution in [0.2, 0.25) is 0 Å². The molecule has 0 N–H and O–H groups in total. The van der Waals surface area contributed by atoms with Crippen molar-refractivity contribution in [3.8, 4) is 0 Å². The second kappa shape index (κ2) is 1.94. The molecule has 0 aromatic carbocycles. The van der Waals surface area contributed by atoms with E-state index in [9.17, 15) is 12.8 Å². The lowest BCUT2D eigenvalue weighted by Gasteiger charge is -2.00. The molecule has 1 aliphatic heterocycles. The molecule has 2 atom stereocenters. The van der Waals surface area contributed by atoms with Gasteiger partial charge in [-0.15, -0.1) is 0 Å². The van der Waals surface area contributed by atoms with E-state index in [2.05, 4.69) is 0 Å². The molecule has 0 aliphatic carbocycles. The lowest BCUT2D eigenvalue weighted by Crippen LogP contribution is -2.14. The Morgan fingerprint density at radius 2 is 2.11 bits per heavy atom. The lowest BCUT2D eigenvalue weighted by atomic mass is 10.1. The maximum absolute atomic E-state index is 12.5. The van der Waals surface area contributed by atoms with Crippen molar-refractivity contribution in [3.63, 3.8) is 0 Å². The Bertz CT molecular complexity index is 197. The van der Waals surface area contributed by atoms with Crippen molar-refractivity contribution >= 4 is 9.84 Å². The summed E-state index contributed by atoms with van der Waals surface area (Å²) in [7, 11) is -3.34. The van der Waals surface area contributed by atoms with Gasteiger partial charge in [-0.1, -0.05) is 6.92 Å². The number of hydrogen-bond acceptors (Lipinski definition) is 2. The highest BCUT2D eigenvalue weighted by molar-refractivity contribution is 7.92. The molecular weight excluding hydrogens is 143 g/mol. The van der Waals surface area contributed by atoms with E-state index < -0.39 is 15.3 Å². The van der Waals surface area contributed by atoms with Crippen molar-refractivity contribution in [1.29, 1.82) is 0 Å². The van der Waals surface area contributed by atoms with Crippen molar-refractivity contribution < 1.29 is 12.8 Å². The van der Waals surface area contributed by atoms with Gasteiger partial charge in [0.2, 0.25) is 5.50 Å². The van der Waals surface area contributed by atoms with Crippen LogP contribution in [0.5, 0.6) is 0 Å². The average molecular weight is 152 g/mol. The highest BCUT2D eigenvalue weighted by Crippen LogP contribution is 2.26. The van der Waals surface area contributed by atoms with Crippen molar-refractivity contribution in [3.05, 3.63) is 0 Å². The van der Waals surface area contributed by atoms with E-state index in [1.165, 1.54) is 0 Å². The van der Waals surface area contributed by atoms with Gasteiger partial charge >= 0.3 is 0 Å². The molecule has 0 bridgehead atoms. The summed E-state index contributed by atoms with van der Waals surface area (Å²) in [6.45, 7) is 1.62. The van der Waals surface area contributed by atoms with E-state index in [0.29, 0.717) is 6.42 Å². The third kappa shape index (κ3) is 1.08. The Morgan fingerprint density at radius 1 is 1.56 bits per heavy atom. The second-order valence-corrected chi connectivity index (χ2v) is 4.67. The Labute approximate surface area is 54.0 Å². The fourth-order valence-corrected chi connectivity index (χ4v) is 2.72. The van der Waals surface area contributed by atoms with Gasteiger partial charge in [0.15, 0.2) is 9.84 Å². The first-order valence-corrected chi connectivity index (χ1v) is 4.61. The topological polar surface area (TPSA) is 34.1 Å². The van der Waals surface area contributed by atoms with Crippen LogP contribution in [-0.2, 0) is 9.84 Å². The Morgan fingerprint density at radius 3 is 2.22 bits per heavy atom. The van der Waals surface area contributed by atoms with Gasteiger partial charge in [0, 0.05) is 5.92 Å². The van der Waals surface area contributed by atoms with Gasteiger partial charge in [-0.2, -0.15) is 0 Å². The van der Waals surface area contributed by atoms with E-state index in [4.69, 9.17) is 0 Å². The van der Waals surface area contributed by atoms with Gasteiger partial charge in [-0.25, -0.2) is 12.8 Å². The van der Waals surface area contributed by atoms with Crippen LogP contribution in [0.4, 0.5) is 4.39 Å². The van der Waals surface area contributed by atoms with Crippen molar-refractivity contribution in [2.24, 2.45) is 5.92 Å². The highest BCUT2D eigenvalue weighted by atomic mass is 32.2. The van der Waals surface area contributed by atoms with E-state index in [1.807, 2.05) is 0 Å². The molecule has 4 heteroatoms. The summed E-state index contributed by atoms with van der Waals surface area (Å²) in [6.07, 6.45) is 0.476. The molecule has 1 heterocycles. The SMILES string of the molecule is CC1CCS(=O)(=O)C1F. The first-order valence-electron chi connectivity index (χ1n) is 2.89. The Hall–Kier alpha value is -0.120. The molecule has 1 rings (SSSR count). The standard InChI is InChI=1S/C5H9FO2S/c1-4-2-3-9(7,8)5(4)6/h4-5H,2-3H2,1H3. The smallest absolute Gasteiger partial charge is 0.203 e. The van der Waals surface area contributed by atoms with Crippen LogP contribution in [0.1, 0.15) is 13.3 Å². The minimum Gasteiger partial charge on any atom is -0.230 e. The zero-order valence-electron chi connectivity index (χ0n) is 5.17. The molecule has 0 amide bonds. The zero-order chi connectivity index (χ0) is 7.07. The minimum atomic E-state index is -3.34. The third-order valence-electron chi connectivity index (χ3n) is 1.65. The molecule has 1 fully saturated rings. The molecule has 0 radical (unpaired) electrons. The molecule has 1 aliphatic rings. The Balaban J connectivity index is 2.87. The van der Waals surface area contributed by atoms with Gasteiger partial charge in [-0.3, -0.25) is 0 Å². The summed E-state index contributed by atoms with van der Waals surface area (Å²) in [6, 6.07) is 0. The molecule has 1 saturated heterocycles. The first-order chi connectivity index (χ1) is 4.04. The van der Waals surface area contributed by atoms with Gasteiger partial charge in [-0.05, 0) is 6.42 Å².